The Labute approximate surface area is 102 Å². The summed E-state index contributed by atoms with van der Waals surface area (Å²) >= 11 is 3.52. The summed E-state index contributed by atoms with van der Waals surface area (Å²) in [5, 5.41) is 3.39. The minimum atomic E-state index is 0.402. The maximum absolute atomic E-state index is 5.54. The maximum atomic E-state index is 5.54. The molecule has 1 aromatic rings. The molecule has 5 heteroatoms. The number of benzene rings is 1. The van der Waals surface area contributed by atoms with Crippen molar-refractivity contribution in [2.45, 2.75) is 6.04 Å². The number of nitrogens with one attached hydrogen (secondary N) is 1. The SMILES string of the molecule is Brc1cc2c(cc1NC1COC1)OCCO2. The van der Waals surface area contributed by atoms with Gasteiger partial charge in [0.05, 0.1) is 24.9 Å². The van der Waals surface area contributed by atoms with Gasteiger partial charge in [-0.2, -0.15) is 0 Å². The maximum Gasteiger partial charge on any atom is 0.163 e. The van der Waals surface area contributed by atoms with Crippen LogP contribution in [0.5, 0.6) is 11.5 Å². The Hall–Kier alpha value is -0.940. The van der Waals surface area contributed by atoms with Crippen molar-refractivity contribution < 1.29 is 14.2 Å². The third kappa shape index (κ3) is 1.85. The molecule has 3 rings (SSSR count). The zero-order valence-corrected chi connectivity index (χ0v) is 10.2. The summed E-state index contributed by atoms with van der Waals surface area (Å²) in [7, 11) is 0. The number of anilines is 1. The summed E-state index contributed by atoms with van der Waals surface area (Å²) in [6.45, 7) is 2.76. The van der Waals surface area contributed by atoms with Gasteiger partial charge in [0.25, 0.3) is 0 Å². The van der Waals surface area contributed by atoms with Gasteiger partial charge in [-0.25, -0.2) is 0 Å². The highest BCUT2D eigenvalue weighted by Gasteiger charge is 2.21. The van der Waals surface area contributed by atoms with Crippen LogP contribution in [0, 0.1) is 0 Å². The topological polar surface area (TPSA) is 39.7 Å². The molecule has 2 aliphatic rings. The fourth-order valence-corrected chi connectivity index (χ4v) is 2.15. The van der Waals surface area contributed by atoms with E-state index in [1.807, 2.05) is 12.1 Å². The Morgan fingerprint density at radius 2 is 1.81 bits per heavy atom. The van der Waals surface area contributed by atoms with Gasteiger partial charge in [-0.3, -0.25) is 0 Å². The molecule has 0 saturated carbocycles. The summed E-state index contributed by atoms with van der Waals surface area (Å²) in [5.41, 5.74) is 1.03. The fraction of sp³-hybridized carbons (Fsp3) is 0.455. The molecule has 0 atom stereocenters. The number of hydrogen-bond acceptors (Lipinski definition) is 4. The van der Waals surface area contributed by atoms with Gasteiger partial charge in [0, 0.05) is 16.6 Å². The minimum Gasteiger partial charge on any atom is -0.486 e. The van der Waals surface area contributed by atoms with Crippen LogP contribution in [0.1, 0.15) is 0 Å². The average molecular weight is 286 g/mol. The molecular formula is C11H12BrNO3. The van der Waals surface area contributed by atoms with Crippen LogP contribution in [0.4, 0.5) is 5.69 Å². The largest absolute Gasteiger partial charge is 0.486 e. The zero-order valence-electron chi connectivity index (χ0n) is 8.66. The first-order chi connectivity index (χ1) is 7.83. The molecule has 1 aromatic carbocycles. The van der Waals surface area contributed by atoms with Gasteiger partial charge in [-0.05, 0) is 15.9 Å². The van der Waals surface area contributed by atoms with Crippen molar-refractivity contribution in [2.24, 2.45) is 0 Å². The van der Waals surface area contributed by atoms with Crippen molar-refractivity contribution in [3.63, 3.8) is 0 Å². The second kappa shape index (κ2) is 4.14. The van der Waals surface area contributed by atoms with Crippen LogP contribution in [0.15, 0.2) is 16.6 Å². The Bertz CT molecular complexity index is 406. The molecular weight excluding hydrogens is 274 g/mol. The Morgan fingerprint density at radius 1 is 1.12 bits per heavy atom. The van der Waals surface area contributed by atoms with E-state index in [0.717, 1.165) is 34.9 Å². The lowest BCUT2D eigenvalue weighted by Crippen LogP contribution is -2.40. The number of rotatable bonds is 2. The lowest BCUT2D eigenvalue weighted by Gasteiger charge is -2.29. The highest BCUT2D eigenvalue weighted by molar-refractivity contribution is 9.10. The van der Waals surface area contributed by atoms with Crippen LogP contribution in [-0.2, 0) is 4.74 Å². The normalized spacial score (nSPS) is 19.1. The standard InChI is InChI=1S/C11H12BrNO3/c12-8-3-10-11(16-2-1-15-10)4-9(8)13-7-5-14-6-7/h3-4,7,13H,1-2,5-6H2. The molecule has 0 amide bonds. The first-order valence-corrected chi connectivity index (χ1v) is 6.05. The van der Waals surface area contributed by atoms with Crippen LogP contribution in [0.2, 0.25) is 0 Å². The van der Waals surface area contributed by atoms with Gasteiger partial charge in [-0.1, -0.05) is 0 Å². The number of hydrogen-bond donors (Lipinski definition) is 1. The minimum absolute atomic E-state index is 0.402. The van der Waals surface area contributed by atoms with E-state index < -0.39 is 0 Å². The van der Waals surface area contributed by atoms with Crippen molar-refractivity contribution in [1.29, 1.82) is 0 Å². The first kappa shape index (κ1) is 10.2. The van der Waals surface area contributed by atoms with Crippen LogP contribution in [0.3, 0.4) is 0 Å². The van der Waals surface area contributed by atoms with E-state index in [0.29, 0.717) is 19.3 Å². The highest BCUT2D eigenvalue weighted by Crippen LogP contribution is 2.38. The van der Waals surface area contributed by atoms with Gasteiger partial charge < -0.3 is 19.5 Å². The van der Waals surface area contributed by atoms with Crippen LogP contribution < -0.4 is 14.8 Å². The second-order valence-corrected chi connectivity index (χ2v) is 4.71. The predicted octanol–water partition coefficient (Wildman–Crippen LogP) is 2.03. The van der Waals surface area contributed by atoms with E-state index in [2.05, 4.69) is 21.2 Å². The van der Waals surface area contributed by atoms with Crippen molar-refractivity contribution in [1.82, 2.24) is 0 Å². The molecule has 0 unspecified atom stereocenters. The zero-order chi connectivity index (χ0) is 11.0. The van der Waals surface area contributed by atoms with E-state index in [-0.39, 0.29) is 0 Å². The molecule has 86 valence electrons. The van der Waals surface area contributed by atoms with Gasteiger partial charge in [0.1, 0.15) is 13.2 Å². The van der Waals surface area contributed by atoms with Crippen LogP contribution in [0.25, 0.3) is 0 Å². The lowest BCUT2D eigenvalue weighted by atomic mass is 10.2. The van der Waals surface area contributed by atoms with Gasteiger partial charge in [-0.15, -0.1) is 0 Å². The van der Waals surface area contributed by atoms with E-state index in [1.165, 1.54) is 0 Å². The summed E-state index contributed by atoms with van der Waals surface area (Å²) in [4.78, 5) is 0. The third-order valence-corrected chi connectivity index (χ3v) is 3.29. The lowest BCUT2D eigenvalue weighted by molar-refractivity contribution is 0.0210. The molecule has 16 heavy (non-hydrogen) atoms. The Morgan fingerprint density at radius 3 is 2.44 bits per heavy atom. The van der Waals surface area contributed by atoms with Crippen molar-refractivity contribution >= 4 is 21.6 Å². The Balaban J connectivity index is 1.86. The van der Waals surface area contributed by atoms with E-state index in [4.69, 9.17) is 14.2 Å². The summed E-state index contributed by atoms with van der Waals surface area (Å²) in [5.74, 6) is 1.60. The average Bonchev–Trinajstić information content (AvgIpc) is 2.23. The van der Waals surface area contributed by atoms with E-state index in [9.17, 15) is 0 Å². The monoisotopic (exact) mass is 285 g/mol. The fourth-order valence-electron chi connectivity index (χ4n) is 1.71. The van der Waals surface area contributed by atoms with Crippen molar-refractivity contribution in [3.05, 3.63) is 16.6 Å². The smallest absolute Gasteiger partial charge is 0.163 e. The Kier molecular flexibility index (Phi) is 2.65. The summed E-state index contributed by atoms with van der Waals surface area (Å²) < 4.78 is 17.1. The van der Waals surface area contributed by atoms with Crippen molar-refractivity contribution in [2.75, 3.05) is 31.7 Å². The number of fused-ring (bicyclic) bond motifs is 1. The molecule has 2 heterocycles. The molecule has 1 saturated heterocycles. The number of halogens is 1. The summed E-state index contributed by atoms with van der Waals surface area (Å²) in [6, 6.07) is 4.31. The van der Waals surface area contributed by atoms with Crippen LogP contribution in [-0.4, -0.2) is 32.5 Å². The van der Waals surface area contributed by atoms with E-state index >= 15 is 0 Å². The highest BCUT2D eigenvalue weighted by atomic mass is 79.9. The molecule has 0 spiro atoms. The molecule has 0 aromatic heterocycles. The molecule has 0 aliphatic carbocycles. The van der Waals surface area contributed by atoms with E-state index in [1.54, 1.807) is 0 Å². The molecule has 1 N–H and O–H groups in total. The molecule has 4 nitrogen and oxygen atoms in total. The van der Waals surface area contributed by atoms with Crippen LogP contribution >= 0.6 is 15.9 Å². The number of ether oxygens (including phenoxy) is 3. The molecule has 0 bridgehead atoms. The van der Waals surface area contributed by atoms with Gasteiger partial charge in [0.2, 0.25) is 0 Å². The van der Waals surface area contributed by atoms with Crippen molar-refractivity contribution in [3.8, 4) is 11.5 Å². The third-order valence-electron chi connectivity index (χ3n) is 2.63. The first-order valence-electron chi connectivity index (χ1n) is 5.26. The van der Waals surface area contributed by atoms with Gasteiger partial charge >= 0.3 is 0 Å². The molecule has 1 fully saturated rings. The second-order valence-electron chi connectivity index (χ2n) is 3.85. The quantitative estimate of drug-likeness (QED) is 0.903. The molecule has 2 aliphatic heterocycles. The van der Waals surface area contributed by atoms with Gasteiger partial charge in [0.15, 0.2) is 11.5 Å². The summed E-state index contributed by atoms with van der Waals surface area (Å²) in [6.07, 6.45) is 0. The predicted molar refractivity (Wildman–Crippen MR) is 63.4 cm³/mol. The molecule has 0 radical (unpaired) electrons.